The van der Waals surface area contributed by atoms with Crippen LogP contribution in [0.4, 0.5) is 10.9 Å². The molecule has 0 bridgehead atoms. The number of ether oxygens (including phenoxy) is 1. The highest BCUT2D eigenvalue weighted by molar-refractivity contribution is 7.17. The first-order chi connectivity index (χ1) is 17.8. The van der Waals surface area contributed by atoms with Crippen molar-refractivity contribution in [3.8, 4) is 27.4 Å². The normalized spacial score (nSPS) is 14.6. The Morgan fingerprint density at radius 3 is 2.49 bits per heavy atom. The molecule has 9 heteroatoms. The summed E-state index contributed by atoms with van der Waals surface area (Å²) >= 11 is 3.27. The molecule has 37 heavy (non-hydrogen) atoms. The van der Waals surface area contributed by atoms with Crippen LogP contribution in [0.5, 0.6) is 5.75 Å². The zero-order valence-corrected chi connectivity index (χ0v) is 23.9. The molecule has 2 unspecified atom stereocenters. The number of thiophene rings is 1. The lowest BCUT2D eigenvalue weighted by atomic mass is 10.0. The molecule has 0 spiro atoms. The molecule has 1 aromatic carbocycles. The van der Waals surface area contributed by atoms with Gasteiger partial charge in [0, 0.05) is 39.0 Å². The van der Waals surface area contributed by atoms with Gasteiger partial charge < -0.3 is 14.7 Å². The molecule has 192 valence electrons. The number of hydrogen-bond donors (Lipinski definition) is 1. The van der Waals surface area contributed by atoms with E-state index in [0.717, 1.165) is 45.4 Å². The Balaban J connectivity index is 1.53. The number of aromatic nitrogens is 2. The van der Waals surface area contributed by atoms with E-state index in [-0.39, 0.29) is 11.4 Å². The van der Waals surface area contributed by atoms with Crippen LogP contribution in [0.15, 0.2) is 48.7 Å². The fourth-order valence-corrected chi connectivity index (χ4v) is 6.96. The Labute approximate surface area is 227 Å². The van der Waals surface area contributed by atoms with Gasteiger partial charge in [0.25, 0.3) is 0 Å². The first kappa shape index (κ1) is 25.8. The molecule has 0 aliphatic heterocycles. The second-order valence-electron chi connectivity index (χ2n) is 9.41. The van der Waals surface area contributed by atoms with Crippen LogP contribution in [0.1, 0.15) is 58.6 Å². The van der Waals surface area contributed by atoms with Crippen LogP contribution in [0.25, 0.3) is 21.7 Å². The Morgan fingerprint density at radius 2 is 1.86 bits per heavy atom. The van der Waals surface area contributed by atoms with E-state index in [2.05, 4.69) is 26.4 Å². The molecule has 1 aliphatic carbocycles. The molecule has 3 heterocycles. The van der Waals surface area contributed by atoms with Crippen LogP contribution in [-0.4, -0.2) is 33.9 Å². The maximum absolute atomic E-state index is 12.3. The van der Waals surface area contributed by atoms with Crippen molar-refractivity contribution in [2.75, 3.05) is 11.9 Å². The SMILES string of the molecule is Cc1ccc(-c2cnc(N(C)c3nc(-c4ccc(OC(C)P)cc4)c(C4CCCC4)s3)c(C(=O)O)c2)s1. The predicted octanol–water partition coefficient (Wildman–Crippen LogP) is 7.97. The van der Waals surface area contributed by atoms with Crippen LogP contribution in [0, 0.1) is 6.92 Å². The van der Waals surface area contributed by atoms with Gasteiger partial charge in [0.15, 0.2) is 5.13 Å². The molecule has 3 aromatic heterocycles. The van der Waals surface area contributed by atoms with Crippen molar-refractivity contribution in [2.45, 2.75) is 51.3 Å². The number of thiazole rings is 1. The van der Waals surface area contributed by atoms with Crippen LogP contribution in [0.3, 0.4) is 0 Å². The molecular weight excluding hydrogens is 521 g/mol. The van der Waals surface area contributed by atoms with Crippen LogP contribution in [0.2, 0.25) is 0 Å². The molecule has 0 amide bonds. The summed E-state index contributed by atoms with van der Waals surface area (Å²) in [5.74, 6) is 0.703. The summed E-state index contributed by atoms with van der Waals surface area (Å²) in [5, 5.41) is 10.8. The molecule has 1 N–H and O–H groups in total. The van der Waals surface area contributed by atoms with Crippen LogP contribution in [-0.2, 0) is 0 Å². The second-order valence-corrected chi connectivity index (χ2v) is 12.6. The third kappa shape index (κ3) is 5.57. The van der Waals surface area contributed by atoms with Crippen molar-refractivity contribution in [3.05, 3.63) is 64.0 Å². The van der Waals surface area contributed by atoms with E-state index in [1.807, 2.05) is 50.1 Å². The van der Waals surface area contributed by atoms with Gasteiger partial charge in [-0.1, -0.05) is 22.1 Å². The van der Waals surface area contributed by atoms with E-state index < -0.39 is 5.97 Å². The zero-order chi connectivity index (χ0) is 26.1. The summed E-state index contributed by atoms with van der Waals surface area (Å²) in [6, 6.07) is 13.8. The first-order valence-corrected chi connectivity index (χ1v) is 14.7. The summed E-state index contributed by atoms with van der Waals surface area (Å²) in [5.41, 5.74) is 2.97. The molecule has 1 fully saturated rings. The number of pyridine rings is 1. The summed E-state index contributed by atoms with van der Waals surface area (Å²) in [7, 11) is 4.49. The van der Waals surface area contributed by atoms with Gasteiger partial charge in [-0.2, -0.15) is 0 Å². The number of benzene rings is 1. The second kappa shape index (κ2) is 10.9. The van der Waals surface area contributed by atoms with E-state index in [0.29, 0.717) is 11.7 Å². The van der Waals surface area contributed by atoms with Gasteiger partial charge in [-0.05, 0) is 75.1 Å². The summed E-state index contributed by atoms with van der Waals surface area (Å²) < 4.78 is 5.79. The van der Waals surface area contributed by atoms with Crippen molar-refractivity contribution >= 4 is 48.8 Å². The smallest absolute Gasteiger partial charge is 0.339 e. The number of nitrogens with zero attached hydrogens (tertiary/aromatic N) is 3. The molecule has 1 aliphatic rings. The minimum Gasteiger partial charge on any atom is -0.487 e. The summed E-state index contributed by atoms with van der Waals surface area (Å²) in [4.78, 5) is 27.2. The van der Waals surface area contributed by atoms with Crippen molar-refractivity contribution in [2.24, 2.45) is 0 Å². The lowest BCUT2D eigenvalue weighted by Crippen LogP contribution is -2.15. The number of carbonyl (C=O) groups is 1. The minimum atomic E-state index is -1.00. The quantitative estimate of drug-likeness (QED) is 0.224. The monoisotopic (exact) mass is 551 g/mol. The third-order valence-electron chi connectivity index (χ3n) is 6.54. The van der Waals surface area contributed by atoms with Crippen molar-refractivity contribution < 1.29 is 14.6 Å². The highest BCUT2D eigenvalue weighted by Crippen LogP contribution is 2.45. The lowest BCUT2D eigenvalue weighted by molar-refractivity contribution is 0.0697. The lowest BCUT2D eigenvalue weighted by Gasteiger charge is -2.17. The Morgan fingerprint density at radius 1 is 1.14 bits per heavy atom. The van der Waals surface area contributed by atoms with E-state index in [1.54, 1.807) is 34.9 Å². The average molecular weight is 552 g/mol. The number of rotatable bonds is 8. The Bertz CT molecular complexity index is 1410. The number of carboxylic acids is 1. The summed E-state index contributed by atoms with van der Waals surface area (Å²) in [6.45, 7) is 4.01. The first-order valence-electron chi connectivity index (χ1n) is 12.4. The molecular formula is C28H30N3O3PS2. The summed E-state index contributed by atoms with van der Waals surface area (Å²) in [6.07, 6.45) is 6.50. The molecule has 6 nitrogen and oxygen atoms in total. The van der Waals surface area contributed by atoms with Gasteiger partial charge >= 0.3 is 5.97 Å². The topological polar surface area (TPSA) is 75.5 Å². The number of aryl methyl sites for hydroxylation is 1. The number of anilines is 2. The number of carboxylic acid groups (broad SMARTS) is 1. The molecule has 0 saturated heterocycles. The average Bonchev–Trinajstić information content (AvgIpc) is 3.64. The zero-order valence-electron chi connectivity index (χ0n) is 21.1. The molecule has 0 radical (unpaired) electrons. The van der Waals surface area contributed by atoms with Crippen molar-refractivity contribution in [1.29, 1.82) is 0 Å². The third-order valence-corrected chi connectivity index (χ3v) is 9.02. The van der Waals surface area contributed by atoms with E-state index >= 15 is 0 Å². The van der Waals surface area contributed by atoms with Crippen molar-refractivity contribution in [3.63, 3.8) is 0 Å². The molecule has 4 aromatic rings. The fourth-order valence-electron chi connectivity index (χ4n) is 4.74. The van der Waals surface area contributed by atoms with E-state index in [4.69, 9.17) is 9.72 Å². The fraction of sp³-hybridized carbons (Fsp3) is 0.321. The van der Waals surface area contributed by atoms with Crippen LogP contribution < -0.4 is 9.64 Å². The van der Waals surface area contributed by atoms with Crippen LogP contribution >= 0.6 is 31.9 Å². The highest BCUT2D eigenvalue weighted by atomic mass is 32.1. The standard InChI is InChI=1S/C28H30N3O3PS2/c1-16-8-13-23(36-16)20-14-22(27(32)33)26(29-15-20)31(3)28-30-24(25(37-28)19-6-4-5-7-19)18-9-11-21(12-10-18)34-17(2)35/h8-15,17,19H,4-7,35H2,1-3H3,(H,32,33). The predicted molar refractivity (Wildman–Crippen MR) is 156 cm³/mol. The maximum atomic E-state index is 12.3. The number of aromatic carboxylic acids is 1. The number of hydrogen-bond acceptors (Lipinski definition) is 7. The highest BCUT2D eigenvalue weighted by Gasteiger charge is 2.27. The van der Waals surface area contributed by atoms with Gasteiger partial charge in [-0.25, -0.2) is 14.8 Å². The van der Waals surface area contributed by atoms with E-state index in [1.165, 1.54) is 22.6 Å². The van der Waals surface area contributed by atoms with Crippen molar-refractivity contribution in [1.82, 2.24) is 9.97 Å². The largest absolute Gasteiger partial charge is 0.487 e. The van der Waals surface area contributed by atoms with Gasteiger partial charge in [0.05, 0.1) is 5.69 Å². The van der Waals surface area contributed by atoms with Gasteiger partial charge in [-0.15, -0.1) is 22.7 Å². The Hall–Kier alpha value is -2.80. The maximum Gasteiger partial charge on any atom is 0.339 e. The van der Waals surface area contributed by atoms with Gasteiger partial charge in [-0.3, -0.25) is 0 Å². The van der Waals surface area contributed by atoms with Gasteiger partial charge in [0.2, 0.25) is 0 Å². The molecule has 1 saturated carbocycles. The Kier molecular flexibility index (Phi) is 7.61. The molecule has 5 rings (SSSR count). The minimum absolute atomic E-state index is 0.0329. The van der Waals surface area contributed by atoms with Gasteiger partial charge in [0.1, 0.15) is 23.0 Å². The molecule has 2 atom stereocenters. The van der Waals surface area contributed by atoms with E-state index in [9.17, 15) is 9.90 Å².